The zero-order valence-corrected chi connectivity index (χ0v) is 14.3. The third kappa shape index (κ3) is 3.76. The number of halogens is 1. The molecule has 1 fully saturated rings. The lowest BCUT2D eigenvalue weighted by Crippen LogP contribution is -2.46. The molecule has 0 spiro atoms. The molecule has 1 saturated carbocycles. The Balaban J connectivity index is 2.03. The van der Waals surface area contributed by atoms with Gasteiger partial charge in [0.1, 0.15) is 0 Å². The van der Waals surface area contributed by atoms with Crippen LogP contribution in [-0.2, 0) is 0 Å². The molecule has 0 bridgehead atoms. The lowest BCUT2D eigenvalue weighted by atomic mass is 9.67. The molecule has 1 aromatic carbocycles. The summed E-state index contributed by atoms with van der Waals surface area (Å²) in [6.07, 6.45) is 4.46. The molecule has 0 heterocycles. The van der Waals surface area contributed by atoms with Crippen molar-refractivity contribution in [2.24, 2.45) is 11.3 Å². The Morgan fingerprint density at radius 3 is 2.20 bits per heavy atom. The third-order valence-electron chi connectivity index (χ3n) is 4.72. The van der Waals surface area contributed by atoms with Crippen LogP contribution in [-0.4, -0.2) is 17.3 Å². The van der Waals surface area contributed by atoms with E-state index in [1.807, 2.05) is 12.1 Å². The Labute approximate surface area is 131 Å². The van der Waals surface area contributed by atoms with Crippen LogP contribution in [0.15, 0.2) is 28.7 Å². The average molecular weight is 340 g/mol. The first-order valence-electron chi connectivity index (χ1n) is 7.49. The second kappa shape index (κ2) is 6.07. The van der Waals surface area contributed by atoms with Gasteiger partial charge >= 0.3 is 0 Å². The highest BCUT2D eigenvalue weighted by Crippen LogP contribution is 2.42. The highest BCUT2D eigenvalue weighted by molar-refractivity contribution is 9.10. The topological polar surface area (TPSA) is 32.3 Å². The van der Waals surface area contributed by atoms with Gasteiger partial charge in [0.05, 0.1) is 12.1 Å². The molecule has 0 amide bonds. The molecule has 0 atom stereocenters. The summed E-state index contributed by atoms with van der Waals surface area (Å²) in [5.74, 6) is 0.758. The number of aliphatic hydroxyl groups is 1. The zero-order chi connectivity index (χ0) is 14.8. The zero-order valence-electron chi connectivity index (χ0n) is 12.7. The summed E-state index contributed by atoms with van der Waals surface area (Å²) in [6, 6.07) is 8.21. The molecule has 0 unspecified atom stereocenters. The Bertz CT molecular complexity index is 427. The van der Waals surface area contributed by atoms with E-state index in [1.165, 1.54) is 12.8 Å². The van der Waals surface area contributed by atoms with Crippen molar-refractivity contribution in [2.45, 2.75) is 52.0 Å². The molecule has 2 nitrogen and oxygen atoms in total. The van der Waals surface area contributed by atoms with Crippen molar-refractivity contribution in [1.82, 2.24) is 0 Å². The van der Waals surface area contributed by atoms with E-state index in [0.717, 1.165) is 28.9 Å². The van der Waals surface area contributed by atoms with Gasteiger partial charge in [-0.25, -0.2) is 0 Å². The maximum absolute atomic E-state index is 9.87. The van der Waals surface area contributed by atoms with Gasteiger partial charge < -0.3 is 10.4 Å². The molecule has 0 saturated heterocycles. The number of nitrogens with one attached hydrogen (secondary N) is 1. The van der Waals surface area contributed by atoms with Crippen molar-refractivity contribution < 1.29 is 5.11 Å². The molecule has 3 heteroatoms. The summed E-state index contributed by atoms with van der Waals surface area (Å²) in [5.41, 5.74) is 1.32. The maximum atomic E-state index is 9.87. The van der Waals surface area contributed by atoms with Crippen molar-refractivity contribution >= 4 is 21.6 Å². The number of hydrogen-bond acceptors (Lipinski definition) is 2. The van der Waals surface area contributed by atoms with Crippen molar-refractivity contribution in [1.29, 1.82) is 0 Å². The van der Waals surface area contributed by atoms with Crippen LogP contribution in [0.5, 0.6) is 0 Å². The summed E-state index contributed by atoms with van der Waals surface area (Å²) in [5, 5.41) is 13.4. The van der Waals surface area contributed by atoms with Gasteiger partial charge in [-0.1, -0.05) is 36.7 Å². The lowest BCUT2D eigenvalue weighted by molar-refractivity contribution is 0.104. The fraction of sp³-hybridized carbons (Fsp3) is 0.647. The Morgan fingerprint density at radius 2 is 1.75 bits per heavy atom. The molecule has 112 valence electrons. The van der Waals surface area contributed by atoms with E-state index in [-0.39, 0.29) is 12.1 Å². The first-order valence-corrected chi connectivity index (χ1v) is 8.29. The van der Waals surface area contributed by atoms with Crippen LogP contribution in [0, 0.1) is 11.3 Å². The van der Waals surface area contributed by atoms with Gasteiger partial charge in [-0.2, -0.15) is 0 Å². The minimum absolute atomic E-state index is 0.143. The minimum Gasteiger partial charge on any atom is -0.394 e. The predicted molar refractivity (Wildman–Crippen MR) is 89.0 cm³/mol. The predicted octanol–water partition coefficient (Wildman–Crippen LogP) is 4.83. The Morgan fingerprint density at radius 1 is 1.20 bits per heavy atom. The Kier molecular flexibility index (Phi) is 4.80. The highest BCUT2D eigenvalue weighted by atomic mass is 79.9. The molecular weight excluding hydrogens is 314 g/mol. The fourth-order valence-corrected chi connectivity index (χ4v) is 3.46. The third-order valence-corrected chi connectivity index (χ3v) is 5.25. The van der Waals surface area contributed by atoms with Crippen LogP contribution in [0.3, 0.4) is 0 Å². The molecule has 0 radical (unpaired) electrons. The first-order chi connectivity index (χ1) is 9.35. The molecule has 0 aliphatic heterocycles. The molecule has 1 aliphatic rings. The quantitative estimate of drug-likeness (QED) is 0.826. The van der Waals surface area contributed by atoms with Gasteiger partial charge in [0, 0.05) is 10.2 Å². The molecule has 0 aromatic heterocycles. The molecular formula is C17H26BrNO. The largest absolute Gasteiger partial charge is 0.394 e. The molecule has 1 aliphatic carbocycles. The Hall–Kier alpha value is -0.540. The van der Waals surface area contributed by atoms with Crippen LogP contribution >= 0.6 is 15.9 Å². The minimum atomic E-state index is -0.143. The van der Waals surface area contributed by atoms with Gasteiger partial charge in [0.15, 0.2) is 0 Å². The van der Waals surface area contributed by atoms with E-state index in [4.69, 9.17) is 0 Å². The van der Waals surface area contributed by atoms with Crippen LogP contribution in [0.1, 0.15) is 46.5 Å². The van der Waals surface area contributed by atoms with Crippen molar-refractivity contribution in [3.63, 3.8) is 0 Å². The molecule has 1 aromatic rings. The number of rotatable bonds is 3. The number of benzene rings is 1. The van der Waals surface area contributed by atoms with E-state index in [1.54, 1.807) is 0 Å². The van der Waals surface area contributed by atoms with Crippen LogP contribution in [0.25, 0.3) is 0 Å². The van der Waals surface area contributed by atoms with Gasteiger partial charge in [-0.15, -0.1) is 0 Å². The van der Waals surface area contributed by atoms with E-state index in [0.29, 0.717) is 5.41 Å². The van der Waals surface area contributed by atoms with E-state index >= 15 is 0 Å². The monoisotopic (exact) mass is 339 g/mol. The normalized spacial score (nSPS) is 27.4. The summed E-state index contributed by atoms with van der Waals surface area (Å²) in [4.78, 5) is 0. The van der Waals surface area contributed by atoms with Crippen LogP contribution in [0.2, 0.25) is 0 Å². The lowest BCUT2D eigenvalue weighted by Gasteiger charge is -2.44. The standard InChI is InChI=1S/C17H26BrNO/c1-16(2,3)13-8-10-17(12-20,11-9-13)19-15-6-4-14(18)5-7-15/h4-7,13,19-20H,8-12H2,1-3H3. The van der Waals surface area contributed by atoms with Gasteiger partial charge in [-0.05, 0) is 61.3 Å². The SMILES string of the molecule is CC(C)(C)C1CCC(CO)(Nc2ccc(Br)cc2)CC1. The van der Waals surface area contributed by atoms with E-state index in [9.17, 15) is 5.11 Å². The van der Waals surface area contributed by atoms with Crippen LogP contribution < -0.4 is 5.32 Å². The summed E-state index contributed by atoms with van der Waals surface area (Å²) < 4.78 is 1.08. The van der Waals surface area contributed by atoms with Crippen LogP contribution in [0.4, 0.5) is 5.69 Å². The fourth-order valence-electron chi connectivity index (χ4n) is 3.20. The van der Waals surface area contributed by atoms with Crippen molar-refractivity contribution in [3.8, 4) is 0 Å². The highest BCUT2D eigenvalue weighted by Gasteiger charge is 2.38. The van der Waals surface area contributed by atoms with Crippen molar-refractivity contribution in [2.75, 3.05) is 11.9 Å². The number of hydrogen-bond donors (Lipinski definition) is 2. The second-order valence-electron chi connectivity index (χ2n) is 7.21. The summed E-state index contributed by atoms with van der Waals surface area (Å²) >= 11 is 3.45. The molecule has 20 heavy (non-hydrogen) atoms. The number of aliphatic hydroxyl groups excluding tert-OH is 1. The molecule has 2 N–H and O–H groups in total. The van der Waals surface area contributed by atoms with Gasteiger partial charge in [0.25, 0.3) is 0 Å². The van der Waals surface area contributed by atoms with Gasteiger partial charge in [0.2, 0.25) is 0 Å². The summed E-state index contributed by atoms with van der Waals surface area (Å²) in [6.45, 7) is 7.18. The average Bonchev–Trinajstić information content (AvgIpc) is 2.41. The first kappa shape index (κ1) is 15.8. The van der Waals surface area contributed by atoms with Gasteiger partial charge in [-0.3, -0.25) is 0 Å². The maximum Gasteiger partial charge on any atom is 0.0661 e. The van der Waals surface area contributed by atoms with Crippen molar-refractivity contribution in [3.05, 3.63) is 28.7 Å². The number of anilines is 1. The molecule has 2 rings (SSSR count). The summed E-state index contributed by atoms with van der Waals surface area (Å²) in [7, 11) is 0. The van der Waals surface area contributed by atoms with E-state index < -0.39 is 0 Å². The second-order valence-corrected chi connectivity index (χ2v) is 8.13. The smallest absolute Gasteiger partial charge is 0.0661 e. The van der Waals surface area contributed by atoms with E-state index in [2.05, 4.69) is 54.2 Å².